The van der Waals surface area contributed by atoms with Gasteiger partial charge >= 0.3 is 0 Å². The summed E-state index contributed by atoms with van der Waals surface area (Å²) in [6, 6.07) is 0. The summed E-state index contributed by atoms with van der Waals surface area (Å²) in [7, 11) is -3.46. The van der Waals surface area contributed by atoms with Gasteiger partial charge in [0.2, 0.25) is 0 Å². The van der Waals surface area contributed by atoms with Gasteiger partial charge < -0.3 is 9.84 Å². The summed E-state index contributed by atoms with van der Waals surface area (Å²) in [6.45, 7) is 0.720. The van der Waals surface area contributed by atoms with E-state index in [-0.39, 0.29) is 6.61 Å². The first-order chi connectivity index (χ1) is 6.91. The summed E-state index contributed by atoms with van der Waals surface area (Å²) >= 11 is 0. The molecule has 5 nitrogen and oxygen atoms in total. The van der Waals surface area contributed by atoms with Crippen LogP contribution < -0.4 is 0 Å². The Morgan fingerprint density at radius 1 is 1.47 bits per heavy atom. The van der Waals surface area contributed by atoms with Gasteiger partial charge in [-0.25, -0.2) is 0 Å². The highest BCUT2D eigenvalue weighted by atomic mass is 32.2. The highest BCUT2D eigenvalue weighted by Gasteiger charge is 2.27. The summed E-state index contributed by atoms with van der Waals surface area (Å²) in [5.41, 5.74) is -1.06. The van der Waals surface area contributed by atoms with Crippen molar-refractivity contribution in [2.45, 2.75) is 18.4 Å². The molecular weight excluding hydrogens is 220 g/mol. The number of hydrogen-bond donors (Lipinski definition) is 1. The Morgan fingerprint density at radius 3 is 2.60 bits per heavy atom. The van der Waals surface area contributed by atoms with Crippen LogP contribution in [0.3, 0.4) is 0 Å². The fourth-order valence-corrected chi connectivity index (χ4v) is 1.44. The Labute approximate surface area is 89.5 Å². The summed E-state index contributed by atoms with van der Waals surface area (Å²) in [4.78, 5) is 0. The molecule has 0 aromatic carbocycles. The van der Waals surface area contributed by atoms with E-state index < -0.39 is 15.7 Å². The normalized spacial score (nSPS) is 20.4. The second-order valence-electron chi connectivity index (χ2n) is 3.41. The van der Waals surface area contributed by atoms with Gasteiger partial charge in [-0.1, -0.05) is 11.8 Å². The van der Waals surface area contributed by atoms with Crippen molar-refractivity contribution in [2.24, 2.45) is 0 Å². The molecule has 1 rings (SSSR count). The number of ether oxygens (including phenoxy) is 1. The summed E-state index contributed by atoms with van der Waals surface area (Å²) in [5, 5.41) is 9.84. The molecule has 0 aromatic rings. The Kier molecular flexibility index (Phi) is 4.11. The van der Waals surface area contributed by atoms with E-state index in [0.717, 1.165) is 6.26 Å². The van der Waals surface area contributed by atoms with Gasteiger partial charge in [0, 0.05) is 12.8 Å². The van der Waals surface area contributed by atoms with Crippen LogP contribution in [0, 0.1) is 11.8 Å². The highest BCUT2D eigenvalue weighted by Crippen LogP contribution is 2.18. The van der Waals surface area contributed by atoms with Gasteiger partial charge in [0.05, 0.1) is 19.5 Å². The molecule has 6 heteroatoms. The van der Waals surface area contributed by atoms with Crippen molar-refractivity contribution >= 4 is 10.1 Å². The topological polar surface area (TPSA) is 72.8 Å². The summed E-state index contributed by atoms with van der Waals surface area (Å²) < 4.78 is 30.7. The zero-order valence-electron chi connectivity index (χ0n) is 8.52. The highest BCUT2D eigenvalue weighted by molar-refractivity contribution is 7.85. The zero-order chi connectivity index (χ0) is 11.4. The predicted octanol–water partition coefficient (Wildman–Crippen LogP) is -0.493. The van der Waals surface area contributed by atoms with Crippen molar-refractivity contribution in [3.63, 3.8) is 0 Å². The van der Waals surface area contributed by atoms with Gasteiger partial charge in [-0.05, 0) is 0 Å². The van der Waals surface area contributed by atoms with Gasteiger partial charge in [0.15, 0.2) is 0 Å². The third-order valence-corrected chi connectivity index (χ3v) is 2.53. The first kappa shape index (κ1) is 12.5. The molecule has 0 spiro atoms. The minimum absolute atomic E-state index is 0.220. The van der Waals surface area contributed by atoms with Gasteiger partial charge in [-0.15, -0.1) is 0 Å². The standard InChI is InChI=1S/C9H14O5S/c1-15(11,12)14-6-2-3-9(10)4-7-13-8-5-9/h10H,4-8H2,1H3. The average Bonchev–Trinajstić information content (AvgIpc) is 2.12. The second kappa shape index (κ2) is 4.94. The van der Waals surface area contributed by atoms with Crippen LogP contribution in [0.4, 0.5) is 0 Å². The molecule has 86 valence electrons. The van der Waals surface area contributed by atoms with Crippen molar-refractivity contribution in [1.29, 1.82) is 0 Å². The fraction of sp³-hybridized carbons (Fsp3) is 0.778. The van der Waals surface area contributed by atoms with Crippen LogP contribution >= 0.6 is 0 Å². The molecule has 1 fully saturated rings. The largest absolute Gasteiger partial charge is 0.381 e. The molecule has 1 N–H and O–H groups in total. The van der Waals surface area contributed by atoms with Crippen LogP contribution in [0.1, 0.15) is 12.8 Å². The Morgan fingerprint density at radius 2 is 2.07 bits per heavy atom. The molecule has 1 aliphatic rings. The monoisotopic (exact) mass is 234 g/mol. The number of aliphatic hydroxyl groups is 1. The van der Waals surface area contributed by atoms with Gasteiger partial charge in [0.1, 0.15) is 12.2 Å². The third-order valence-electron chi connectivity index (χ3n) is 1.99. The van der Waals surface area contributed by atoms with Gasteiger partial charge in [-0.3, -0.25) is 4.18 Å². The van der Waals surface area contributed by atoms with E-state index in [2.05, 4.69) is 16.0 Å². The van der Waals surface area contributed by atoms with E-state index in [4.69, 9.17) is 4.74 Å². The smallest absolute Gasteiger partial charge is 0.265 e. The molecule has 1 saturated heterocycles. The van der Waals surface area contributed by atoms with Crippen LogP contribution in [-0.2, 0) is 19.0 Å². The van der Waals surface area contributed by atoms with Crippen molar-refractivity contribution in [2.75, 3.05) is 26.1 Å². The molecule has 1 aliphatic heterocycles. The van der Waals surface area contributed by atoms with Crippen molar-refractivity contribution in [1.82, 2.24) is 0 Å². The van der Waals surface area contributed by atoms with Gasteiger partial charge in [0.25, 0.3) is 10.1 Å². The Balaban J connectivity index is 2.42. The molecule has 0 aromatic heterocycles. The molecule has 0 saturated carbocycles. The molecule has 0 aliphatic carbocycles. The number of hydrogen-bond acceptors (Lipinski definition) is 5. The lowest BCUT2D eigenvalue weighted by atomic mass is 9.95. The third kappa shape index (κ3) is 5.14. The molecule has 0 atom stereocenters. The zero-order valence-corrected chi connectivity index (χ0v) is 9.34. The van der Waals surface area contributed by atoms with Crippen LogP contribution in [-0.4, -0.2) is 45.2 Å². The Hall–Kier alpha value is -0.610. The lowest BCUT2D eigenvalue weighted by Crippen LogP contribution is -2.34. The summed E-state index contributed by atoms with van der Waals surface area (Å²) in [5.74, 6) is 5.10. The molecule has 0 amide bonds. The van der Waals surface area contributed by atoms with Crippen LogP contribution in [0.5, 0.6) is 0 Å². The second-order valence-corrected chi connectivity index (χ2v) is 5.06. The maximum Gasteiger partial charge on any atom is 0.265 e. The van der Waals surface area contributed by atoms with Crippen LogP contribution in [0.15, 0.2) is 0 Å². The number of rotatable bonds is 2. The van der Waals surface area contributed by atoms with E-state index in [1.807, 2.05) is 0 Å². The first-order valence-electron chi connectivity index (χ1n) is 4.56. The SMILES string of the molecule is CS(=O)(=O)OCC#CC1(O)CCOCC1. The fourth-order valence-electron chi connectivity index (χ4n) is 1.17. The van der Waals surface area contributed by atoms with Crippen molar-refractivity contribution in [3.8, 4) is 11.8 Å². The van der Waals surface area contributed by atoms with Gasteiger partial charge in [-0.2, -0.15) is 8.42 Å². The lowest BCUT2D eigenvalue weighted by Gasteiger charge is -2.26. The van der Waals surface area contributed by atoms with E-state index in [9.17, 15) is 13.5 Å². The Bertz CT molecular complexity index is 356. The molecule has 1 heterocycles. The summed E-state index contributed by atoms with van der Waals surface area (Å²) in [6.07, 6.45) is 1.84. The maximum atomic E-state index is 10.6. The molecule has 15 heavy (non-hydrogen) atoms. The first-order valence-corrected chi connectivity index (χ1v) is 6.38. The average molecular weight is 234 g/mol. The molecular formula is C9H14O5S. The predicted molar refractivity (Wildman–Crippen MR) is 53.6 cm³/mol. The van der Waals surface area contributed by atoms with E-state index >= 15 is 0 Å². The minimum atomic E-state index is -3.46. The quantitative estimate of drug-likeness (QED) is 0.515. The molecule has 0 bridgehead atoms. The van der Waals surface area contributed by atoms with Crippen molar-refractivity contribution in [3.05, 3.63) is 0 Å². The van der Waals surface area contributed by atoms with Crippen LogP contribution in [0.2, 0.25) is 0 Å². The van der Waals surface area contributed by atoms with E-state index in [1.165, 1.54) is 0 Å². The molecule has 0 unspecified atom stereocenters. The van der Waals surface area contributed by atoms with E-state index in [1.54, 1.807) is 0 Å². The maximum absolute atomic E-state index is 10.6. The lowest BCUT2D eigenvalue weighted by molar-refractivity contribution is -0.0262. The van der Waals surface area contributed by atoms with Crippen LogP contribution in [0.25, 0.3) is 0 Å². The molecule has 0 radical (unpaired) electrons. The van der Waals surface area contributed by atoms with E-state index in [0.29, 0.717) is 26.1 Å². The minimum Gasteiger partial charge on any atom is -0.381 e. The van der Waals surface area contributed by atoms with Crippen molar-refractivity contribution < 1.29 is 22.4 Å².